The van der Waals surface area contributed by atoms with Crippen LogP contribution in [0.2, 0.25) is 0 Å². The summed E-state index contributed by atoms with van der Waals surface area (Å²) in [7, 11) is 2.54. The van der Waals surface area contributed by atoms with Gasteiger partial charge in [-0.2, -0.15) is 0 Å². The fraction of sp³-hybridized carbons (Fsp3) is 0.318. The highest BCUT2D eigenvalue weighted by molar-refractivity contribution is 6.07. The molecule has 1 saturated heterocycles. The quantitative estimate of drug-likeness (QED) is 0.108. The highest BCUT2D eigenvalue weighted by Gasteiger charge is 2.37. The summed E-state index contributed by atoms with van der Waals surface area (Å²) >= 11 is 0. The number of H-pyrrole nitrogens is 2. The van der Waals surface area contributed by atoms with Crippen molar-refractivity contribution in [2.75, 3.05) is 27.3 Å². The number of nitrogens with zero attached hydrogens (tertiary/aromatic N) is 4. The second kappa shape index (κ2) is 16.5. The molecule has 0 radical (unpaired) electrons. The molecule has 0 spiro atoms. The molecule has 4 amide bonds. The molecule has 4 aromatic carbocycles. The van der Waals surface area contributed by atoms with Crippen molar-refractivity contribution < 1.29 is 33.4 Å². The molecule has 3 atom stereocenters. The minimum atomic E-state index is -0.902. The van der Waals surface area contributed by atoms with Gasteiger partial charge in [-0.05, 0) is 78.1 Å². The maximum Gasteiger partial charge on any atom is 0.407 e. The van der Waals surface area contributed by atoms with Gasteiger partial charge in [-0.25, -0.2) is 19.6 Å². The number of rotatable bonds is 11. The van der Waals surface area contributed by atoms with Gasteiger partial charge in [-0.3, -0.25) is 9.59 Å². The first-order valence-corrected chi connectivity index (χ1v) is 19.7. The number of hydrogen-bond acceptors (Lipinski definition) is 9. The Hall–Kier alpha value is -6.90. The monoisotopic (exact) mass is 798 g/mol. The number of imidazole rings is 2. The third kappa shape index (κ3) is 7.75. The van der Waals surface area contributed by atoms with Crippen molar-refractivity contribution in [3.8, 4) is 28.1 Å². The molecule has 15 nitrogen and oxygen atoms in total. The van der Waals surface area contributed by atoms with Crippen LogP contribution < -0.4 is 15.4 Å². The Labute approximate surface area is 340 Å². The lowest BCUT2D eigenvalue weighted by Crippen LogP contribution is -2.44. The van der Waals surface area contributed by atoms with E-state index in [1.165, 1.54) is 14.2 Å². The van der Waals surface area contributed by atoms with Crippen LogP contribution in [0.15, 0.2) is 79.0 Å². The van der Waals surface area contributed by atoms with Gasteiger partial charge in [0.15, 0.2) is 0 Å². The Morgan fingerprint density at radius 1 is 0.983 bits per heavy atom. The van der Waals surface area contributed by atoms with Gasteiger partial charge in [0, 0.05) is 23.5 Å². The molecule has 0 aliphatic carbocycles. The number of aromatic amines is 2. The first kappa shape index (κ1) is 38.9. The molecule has 0 unspecified atom stereocenters. The Bertz CT molecular complexity index is 2550. The van der Waals surface area contributed by atoms with Crippen molar-refractivity contribution in [1.29, 1.82) is 0 Å². The van der Waals surface area contributed by atoms with Crippen LogP contribution in [-0.2, 0) is 32.2 Å². The molecule has 0 saturated carbocycles. The standard InChI is InChI=1S/C44H46N8O7/c1-5-25(2)52(38(53)22-46-43(55)57-3)23-37-45-21-34(47-37)28-13-15-30-29(18-28)24-59-36-20-31-27(19-32(30)36)14-16-33-40(31)49-41(48-33)35-12-9-17-51(35)42(54)39(50-44(56)58-4)26-10-7-6-8-11-26/h6-8,10-11,13-16,18-21,25,35,39H,5,9,12,17,22-24H2,1-4H3,(H,45,47)(H,46,55)(H,48,49)(H,50,56)/t25-,35-,39+/m0/s1. The van der Waals surface area contributed by atoms with Crippen LogP contribution in [-0.4, -0.2) is 87.1 Å². The van der Waals surface area contributed by atoms with Gasteiger partial charge in [0.25, 0.3) is 5.91 Å². The first-order valence-electron chi connectivity index (χ1n) is 19.7. The van der Waals surface area contributed by atoms with Gasteiger partial charge in [-0.1, -0.05) is 55.5 Å². The van der Waals surface area contributed by atoms with Crippen molar-refractivity contribution in [3.05, 3.63) is 102 Å². The van der Waals surface area contributed by atoms with E-state index < -0.39 is 18.2 Å². The number of alkyl carbamates (subject to hydrolysis) is 2. The van der Waals surface area contributed by atoms with E-state index in [0.29, 0.717) is 30.4 Å². The lowest BCUT2D eigenvalue weighted by Gasteiger charge is -2.28. The van der Waals surface area contributed by atoms with Crippen molar-refractivity contribution in [2.24, 2.45) is 0 Å². The molecule has 2 aromatic heterocycles. The average Bonchev–Trinajstić information content (AvgIpc) is 4.06. The molecule has 8 rings (SSSR count). The van der Waals surface area contributed by atoms with Crippen molar-refractivity contribution in [1.82, 2.24) is 40.4 Å². The smallest absolute Gasteiger partial charge is 0.407 e. The van der Waals surface area contributed by atoms with E-state index in [-0.39, 0.29) is 37.0 Å². The SMILES string of the molecule is CC[C@H](C)N(Cc1ncc(-c2ccc3c(c2)COc2cc4c(ccc5nc([C@@H]6CCCN6C(=O)[C@H](NC(=O)OC)c6ccccc6)[nH]c54)cc2-3)[nH]1)C(=O)CNC(=O)OC. The second-order valence-electron chi connectivity index (χ2n) is 14.8. The van der Waals surface area contributed by atoms with Gasteiger partial charge < -0.3 is 44.6 Å². The topological polar surface area (TPSA) is 184 Å². The van der Waals surface area contributed by atoms with Crippen LogP contribution in [0.25, 0.3) is 44.2 Å². The van der Waals surface area contributed by atoms with E-state index in [0.717, 1.165) is 74.8 Å². The number of nitrogens with one attached hydrogen (secondary N) is 4. The summed E-state index contributed by atoms with van der Waals surface area (Å²) in [6, 6.07) is 22.4. The molecule has 15 heteroatoms. The van der Waals surface area contributed by atoms with Gasteiger partial charge in [0.05, 0.1) is 49.7 Å². The minimum absolute atomic E-state index is 0.0660. The number of ether oxygens (including phenoxy) is 3. The third-order valence-corrected chi connectivity index (χ3v) is 11.3. The van der Waals surface area contributed by atoms with Crippen LogP contribution in [0.4, 0.5) is 9.59 Å². The van der Waals surface area contributed by atoms with E-state index in [2.05, 4.69) is 66.7 Å². The summed E-state index contributed by atoms with van der Waals surface area (Å²) in [6.45, 7) is 4.96. The molecule has 2 aliphatic rings. The van der Waals surface area contributed by atoms with E-state index in [9.17, 15) is 19.2 Å². The predicted molar refractivity (Wildman–Crippen MR) is 220 cm³/mol. The number of amides is 4. The van der Waals surface area contributed by atoms with Crippen molar-refractivity contribution in [2.45, 2.75) is 64.4 Å². The van der Waals surface area contributed by atoms with Gasteiger partial charge in [0.2, 0.25) is 5.91 Å². The summed E-state index contributed by atoms with van der Waals surface area (Å²) in [6.07, 6.45) is 2.69. The molecule has 304 valence electrons. The summed E-state index contributed by atoms with van der Waals surface area (Å²) in [4.78, 5) is 70.9. The van der Waals surface area contributed by atoms with E-state index in [4.69, 9.17) is 14.5 Å². The van der Waals surface area contributed by atoms with E-state index in [1.54, 1.807) is 16.0 Å². The maximum absolute atomic E-state index is 14.1. The number of likely N-dealkylation sites (tertiary alicyclic amines) is 1. The number of carbonyl (C=O) groups is 4. The zero-order valence-corrected chi connectivity index (χ0v) is 33.3. The Balaban J connectivity index is 1.03. The highest BCUT2D eigenvalue weighted by Crippen LogP contribution is 2.43. The zero-order valence-electron chi connectivity index (χ0n) is 33.3. The molecule has 2 aliphatic heterocycles. The molecule has 4 N–H and O–H groups in total. The summed E-state index contributed by atoms with van der Waals surface area (Å²) < 4.78 is 15.9. The molecule has 0 bridgehead atoms. The fourth-order valence-corrected chi connectivity index (χ4v) is 8.01. The highest BCUT2D eigenvalue weighted by atomic mass is 16.5. The lowest BCUT2D eigenvalue weighted by molar-refractivity contribution is -0.134. The van der Waals surface area contributed by atoms with Crippen LogP contribution in [0.1, 0.15) is 68.0 Å². The number of methoxy groups -OCH3 is 2. The molecular formula is C44H46N8O7. The van der Waals surface area contributed by atoms with Gasteiger partial charge in [-0.15, -0.1) is 0 Å². The third-order valence-electron chi connectivity index (χ3n) is 11.3. The summed E-state index contributed by atoms with van der Waals surface area (Å²) in [5, 5.41) is 7.17. The Morgan fingerprint density at radius 3 is 2.58 bits per heavy atom. The number of benzene rings is 4. The summed E-state index contributed by atoms with van der Waals surface area (Å²) in [5.41, 5.74) is 7.15. The fourth-order valence-electron chi connectivity index (χ4n) is 8.01. The normalized spacial score (nSPS) is 15.5. The molecule has 4 heterocycles. The van der Waals surface area contributed by atoms with E-state index >= 15 is 0 Å². The molecular weight excluding hydrogens is 753 g/mol. The Morgan fingerprint density at radius 2 is 1.80 bits per heavy atom. The predicted octanol–water partition coefficient (Wildman–Crippen LogP) is 6.91. The van der Waals surface area contributed by atoms with Crippen LogP contribution >= 0.6 is 0 Å². The molecule has 59 heavy (non-hydrogen) atoms. The Kier molecular flexibility index (Phi) is 10.9. The number of hydrogen-bond donors (Lipinski definition) is 4. The van der Waals surface area contributed by atoms with Crippen LogP contribution in [0, 0.1) is 0 Å². The second-order valence-corrected chi connectivity index (χ2v) is 14.8. The van der Waals surface area contributed by atoms with Crippen LogP contribution in [0.5, 0.6) is 5.75 Å². The minimum Gasteiger partial charge on any atom is -0.488 e. The lowest BCUT2D eigenvalue weighted by atomic mass is 9.92. The molecule has 1 fully saturated rings. The average molecular weight is 799 g/mol. The largest absolute Gasteiger partial charge is 0.488 e. The van der Waals surface area contributed by atoms with E-state index in [1.807, 2.05) is 50.2 Å². The first-order chi connectivity index (χ1) is 28.6. The maximum atomic E-state index is 14.1. The number of fused-ring (bicyclic) bond motifs is 6. The zero-order chi connectivity index (χ0) is 41.2. The summed E-state index contributed by atoms with van der Waals surface area (Å²) in [5.74, 6) is 1.63. The van der Waals surface area contributed by atoms with Gasteiger partial charge in [0.1, 0.15) is 36.6 Å². The van der Waals surface area contributed by atoms with Crippen molar-refractivity contribution >= 4 is 45.8 Å². The number of carbonyl (C=O) groups excluding carboxylic acids is 4. The van der Waals surface area contributed by atoms with Crippen molar-refractivity contribution in [3.63, 3.8) is 0 Å². The van der Waals surface area contributed by atoms with Gasteiger partial charge >= 0.3 is 12.2 Å². The van der Waals surface area contributed by atoms with Crippen LogP contribution in [0.3, 0.4) is 0 Å². The molecule has 6 aromatic rings. The number of aromatic nitrogens is 4.